The van der Waals surface area contributed by atoms with E-state index in [1.54, 1.807) is 7.11 Å². The van der Waals surface area contributed by atoms with Gasteiger partial charge in [0.15, 0.2) is 0 Å². The van der Waals surface area contributed by atoms with Crippen LogP contribution in [0.2, 0.25) is 0 Å². The Bertz CT molecular complexity index is 178. The molecule has 1 aliphatic rings. The Morgan fingerprint density at radius 1 is 1.31 bits per heavy atom. The highest BCUT2D eigenvalue weighted by Gasteiger charge is 2.27. The van der Waals surface area contributed by atoms with E-state index in [9.17, 15) is 0 Å². The van der Waals surface area contributed by atoms with Gasteiger partial charge in [0.1, 0.15) is 0 Å². The van der Waals surface area contributed by atoms with Crippen LogP contribution in [0.5, 0.6) is 0 Å². The number of likely N-dealkylation sites (tertiary alicyclic amines) is 1. The molecule has 96 valence electrons. The zero-order valence-corrected chi connectivity index (χ0v) is 10.7. The van der Waals surface area contributed by atoms with Crippen molar-refractivity contribution in [2.24, 2.45) is 11.7 Å². The van der Waals surface area contributed by atoms with Gasteiger partial charge < -0.3 is 15.2 Å². The fourth-order valence-electron chi connectivity index (χ4n) is 2.29. The van der Waals surface area contributed by atoms with Gasteiger partial charge in [-0.05, 0) is 32.2 Å². The molecule has 16 heavy (non-hydrogen) atoms. The van der Waals surface area contributed by atoms with Crippen molar-refractivity contribution in [3.8, 4) is 0 Å². The van der Waals surface area contributed by atoms with Gasteiger partial charge in [0.05, 0.1) is 6.61 Å². The highest BCUT2D eigenvalue weighted by Crippen LogP contribution is 2.21. The number of hydrogen-bond donors (Lipinski definition) is 1. The fourth-order valence-corrected chi connectivity index (χ4v) is 2.29. The zero-order chi connectivity index (χ0) is 11.8. The molecule has 1 saturated heterocycles. The first kappa shape index (κ1) is 13.9. The topological polar surface area (TPSA) is 47.7 Å². The highest BCUT2D eigenvalue weighted by atomic mass is 16.5. The van der Waals surface area contributed by atoms with Gasteiger partial charge in [0.2, 0.25) is 0 Å². The molecule has 1 heterocycles. The average molecular weight is 230 g/mol. The lowest BCUT2D eigenvalue weighted by Gasteiger charge is -2.20. The summed E-state index contributed by atoms with van der Waals surface area (Å²) < 4.78 is 10.5. The minimum atomic E-state index is 0.663. The number of nitrogens with zero attached hydrogens (tertiary/aromatic N) is 1. The molecule has 4 nitrogen and oxygen atoms in total. The van der Waals surface area contributed by atoms with Crippen molar-refractivity contribution in [2.75, 3.05) is 46.6 Å². The van der Waals surface area contributed by atoms with Crippen molar-refractivity contribution < 1.29 is 9.47 Å². The van der Waals surface area contributed by atoms with Crippen molar-refractivity contribution in [1.29, 1.82) is 0 Å². The quantitative estimate of drug-likeness (QED) is 0.624. The smallest absolute Gasteiger partial charge is 0.0593 e. The van der Waals surface area contributed by atoms with E-state index in [4.69, 9.17) is 15.2 Å². The highest BCUT2D eigenvalue weighted by molar-refractivity contribution is 4.82. The lowest BCUT2D eigenvalue weighted by Crippen LogP contribution is -2.31. The van der Waals surface area contributed by atoms with E-state index < -0.39 is 0 Å². The monoisotopic (exact) mass is 230 g/mol. The first-order valence-corrected chi connectivity index (χ1v) is 6.28. The molecule has 0 aliphatic carbocycles. The molecule has 0 aromatic rings. The van der Waals surface area contributed by atoms with Crippen LogP contribution in [0.1, 0.15) is 19.8 Å². The predicted molar refractivity (Wildman–Crippen MR) is 65.5 cm³/mol. The second kappa shape index (κ2) is 8.01. The van der Waals surface area contributed by atoms with E-state index in [1.165, 1.54) is 6.42 Å². The maximum atomic E-state index is 5.70. The molecular formula is C12H26N2O2. The number of hydrogen-bond acceptors (Lipinski definition) is 4. The molecule has 2 unspecified atom stereocenters. The third-order valence-corrected chi connectivity index (χ3v) is 3.28. The molecule has 2 N–H and O–H groups in total. The van der Waals surface area contributed by atoms with Gasteiger partial charge >= 0.3 is 0 Å². The number of ether oxygens (including phenoxy) is 2. The van der Waals surface area contributed by atoms with E-state index in [2.05, 4.69) is 11.8 Å². The summed E-state index contributed by atoms with van der Waals surface area (Å²) in [6.07, 6.45) is 2.22. The Kier molecular flexibility index (Phi) is 6.96. The molecule has 1 fully saturated rings. The normalized spacial score (nSPS) is 26.4. The third kappa shape index (κ3) is 4.78. The standard InChI is InChI=1S/C12H26N2O2/c1-11-8-12(9-13)10-14(11)4-7-16-6-3-5-15-2/h11-12H,3-10,13H2,1-2H3. The summed E-state index contributed by atoms with van der Waals surface area (Å²) in [6.45, 7) is 7.68. The molecule has 2 atom stereocenters. The van der Waals surface area contributed by atoms with Crippen molar-refractivity contribution in [3.05, 3.63) is 0 Å². The molecule has 0 bridgehead atoms. The molecule has 0 spiro atoms. The molecule has 0 aromatic carbocycles. The van der Waals surface area contributed by atoms with Crippen LogP contribution >= 0.6 is 0 Å². The third-order valence-electron chi connectivity index (χ3n) is 3.28. The van der Waals surface area contributed by atoms with Crippen molar-refractivity contribution in [1.82, 2.24) is 4.90 Å². The summed E-state index contributed by atoms with van der Waals surface area (Å²) in [6, 6.07) is 0.663. The lowest BCUT2D eigenvalue weighted by molar-refractivity contribution is 0.0818. The summed E-state index contributed by atoms with van der Waals surface area (Å²) >= 11 is 0. The Morgan fingerprint density at radius 3 is 2.75 bits per heavy atom. The maximum Gasteiger partial charge on any atom is 0.0593 e. The molecule has 1 aliphatic heterocycles. The minimum absolute atomic E-state index is 0.663. The molecule has 0 radical (unpaired) electrons. The van der Waals surface area contributed by atoms with Crippen molar-refractivity contribution in [3.63, 3.8) is 0 Å². The fraction of sp³-hybridized carbons (Fsp3) is 1.00. The molecule has 0 saturated carbocycles. The Labute approximate surface area is 99.1 Å². The first-order chi connectivity index (χ1) is 7.77. The molecule has 0 aromatic heterocycles. The largest absolute Gasteiger partial charge is 0.385 e. The van der Waals surface area contributed by atoms with Crippen molar-refractivity contribution in [2.45, 2.75) is 25.8 Å². The van der Waals surface area contributed by atoms with Crippen LogP contribution in [0.25, 0.3) is 0 Å². The van der Waals surface area contributed by atoms with Gasteiger partial charge in [-0.2, -0.15) is 0 Å². The Balaban J connectivity index is 2.00. The van der Waals surface area contributed by atoms with Gasteiger partial charge in [-0.1, -0.05) is 0 Å². The predicted octanol–water partition coefficient (Wildman–Crippen LogP) is 0.709. The molecule has 0 amide bonds. The minimum Gasteiger partial charge on any atom is -0.385 e. The first-order valence-electron chi connectivity index (χ1n) is 6.28. The van der Waals surface area contributed by atoms with Crippen LogP contribution in [0, 0.1) is 5.92 Å². The summed E-state index contributed by atoms with van der Waals surface area (Å²) in [4.78, 5) is 2.48. The second-order valence-corrected chi connectivity index (χ2v) is 4.64. The van der Waals surface area contributed by atoms with Crippen LogP contribution in [0.3, 0.4) is 0 Å². The Morgan fingerprint density at radius 2 is 2.12 bits per heavy atom. The van der Waals surface area contributed by atoms with Gasteiger partial charge in [0.25, 0.3) is 0 Å². The molecule has 4 heteroatoms. The van der Waals surface area contributed by atoms with E-state index in [1.807, 2.05) is 0 Å². The maximum absolute atomic E-state index is 5.70. The molecule has 1 rings (SSSR count). The molecular weight excluding hydrogens is 204 g/mol. The van der Waals surface area contributed by atoms with E-state index >= 15 is 0 Å². The summed E-state index contributed by atoms with van der Waals surface area (Å²) in [5, 5.41) is 0. The second-order valence-electron chi connectivity index (χ2n) is 4.64. The van der Waals surface area contributed by atoms with E-state index in [0.717, 1.165) is 45.9 Å². The number of methoxy groups -OCH3 is 1. The average Bonchev–Trinajstić information content (AvgIpc) is 2.65. The summed E-state index contributed by atoms with van der Waals surface area (Å²) in [7, 11) is 1.72. The van der Waals surface area contributed by atoms with Crippen LogP contribution in [0.15, 0.2) is 0 Å². The SMILES string of the molecule is COCCCOCCN1CC(CN)CC1C. The Hall–Kier alpha value is -0.160. The van der Waals surface area contributed by atoms with E-state index in [-0.39, 0.29) is 0 Å². The van der Waals surface area contributed by atoms with Gasteiger partial charge in [-0.15, -0.1) is 0 Å². The van der Waals surface area contributed by atoms with Crippen LogP contribution in [-0.2, 0) is 9.47 Å². The number of rotatable bonds is 8. The van der Waals surface area contributed by atoms with E-state index in [0.29, 0.717) is 12.0 Å². The summed E-state index contributed by atoms with van der Waals surface area (Å²) in [5.74, 6) is 0.684. The van der Waals surface area contributed by atoms with Gasteiger partial charge in [-0.3, -0.25) is 4.90 Å². The summed E-state index contributed by atoms with van der Waals surface area (Å²) in [5.41, 5.74) is 5.70. The van der Waals surface area contributed by atoms with Gasteiger partial charge in [0, 0.05) is 39.5 Å². The number of nitrogens with two attached hydrogens (primary N) is 1. The van der Waals surface area contributed by atoms with Crippen LogP contribution in [0.4, 0.5) is 0 Å². The van der Waals surface area contributed by atoms with Crippen LogP contribution < -0.4 is 5.73 Å². The lowest BCUT2D eigenvalue weighted by atomic mass is 10.1. The zero-order valence-electron chi connectivity index (χ0n) is 10.7. The van der Waals surface area contributed by atoms with Gasteiger partial charge in [-0.25, -0.2) is 0 Å². The van der Waals surface area contributed by atoms with Crippen molar-refractivity contribution >= 4 is 0 Å². The van der Waals surface area contributed by atoms with Crippen LogP contribution in [-0.4, -0.2) is 57.5 Å².